The quantitative estimate of drug-likeness (QED) is 0.373. The van der Waals surface area contributed by atoms with Crippen molar-refractivity contribution in [3.05, 3.63) is 87.2 Å². The second-order valence-electron chi connectivity index (χ2n) is 8.51. The number of aryl methyl sites for hydroxylation is 1. The molecule has 2 N–H and O–H groups in total. The van der Waals surface area contributed by atoms with Gasteiger partial charge in [0.1, 0.15) is 5.82 Å². The summed E-state index contributed by atoms with van der Waals surface area (Å²) in [5.74, 6) is 0.371. The van der Waals surface area contributed by atoms with Crippen LogP contribution in [0, 0.1) is 12.7 Å². The van der Waals surface area contributed by atoms with Crippen LogP contribution in [0.1, 0.15) is 48.3 Å². The number of hydrogen-bond acceptors (Lipinski definition) is 6. The van der Waals surface area contributed by atoms with Crippen molar-refractivity contribution in [1.29, 1.82) is 0 Å². The number of nitrogens with zero attached hydrogens (tertiary/aromatic N) is 5. The van der Waals surface area contributed by atoms with Gasteiger partial charge in [-0.3, -0.25) is 9.69 Å². The number of tetrazole rings is 1. The molecule has 4 aromatic rings. The fourth-order valence-electron chi connectivity index (χ4n) is 4.26. The number of nitrogens with one attached hydrogen (secondary N) is 1. The summed E-state index contributed by atoms with van der Waals surface area (Å²) in [6, 6.07) is 13.9. The van der Waals surface area contributed by atoms with Crippen molar-refractivity contribution in [2.45, 2.75) is 45.8 Å². The third-order valence-corrected chi connectivity index (χ3v) is 5.98. The van der Waals surface area contributed by atoms with E-state index in [1.807, 2.05) is 38.1 Å². The minimum Gasteiger partial charge on any atom is -0.396 e. The first kappa shape index (κ1) is 23.7. The Bertz CT molecular complexity index is 1300. The summed E-state index contributed by atoms with van der Waals surface area (Å²) in [5, 5.41) is 22.8. The fourth-order valence-corrected chi connectivity index (χ4v) is 4.26. The van der Waals surface area contributed by atoms with Gasteiger partial charge in [0.15, 0.2) is 5.82 Å². The molecule has 0 saturated heterocycles. The number of halogens is 1. The number of pyridine rings is 1. The van der Waals surface area contributed by atoms with E-state index < -0.39 is 0 Å². The van der Waals surface area contributed by atoms with Crippen LogP contribution in [0.15, 0.2) is 53.3 Å². The highest BCUT2D eigenvalue weighted by atomic mass is 19.1. The molecule has 2 aromatic heterocycles. The third kappa shape index (κ3) is 5.37. The van der Waals surface area contributed by atoms with Gasteiger partial charge in [0.05, 0.1) is 12.6 Å². The molecule has 34 heavy (non-hydrogen) atoms. The summed E-state index contributed by atoms with van der Waals surface area (Å²) in [6.07, 6.45) is 1.26. The van der Waals surface area contributed by atoms with Crippen molar-refractivity contribution < 1.29 is 9.50 Å². The van der Waals surface area contributed by atoms with E-state index in [1.165, 1.54) is 12.1 Å². The molecule has 0 aliphatic carbocycles. The fraction of sp³-hybridized carbons (Fsp3) is 0.360. The maximum atomic E-state index is 13.3. The van der Waals surface area contributed by atoms with E-state index in [-0.39, 0.29) is 24.0 Å². The number of rotatable bonds is 10. The standard InChI is InChI=1S/C25H29FN6O2/c1-3-23(24-28-29-30-32(24)15-18-6-8-21(26)9-7-18)31(11-4-12-33)16-20-14-19-13-17(2)5-10-22(19)27-25(20)34/h5-10,13-14,23,33H,3-4,11-12,15-16H2,1-2H3,(H,27,34)/t23-/m1/s1. The highest BCUT2D eigenvalue weighted by molar-refractivity contribution is 5.79. The Morgan fingerprint density at radius 1 is 1.18 bits per heavy atom. The topological polar surface area (TPSA) is 99.9 Å². The molecule has 0 amide bonds. The Hall–Kier alpha value is -3.43. The lowest BCUT2D eigenvalue weighted by atomic mass is 10.1. The molecule has 8 nitrogen and oxygen atoms in total. The smallest absolute Gasteiger partial charge is 0.252 e. The maximum Gasteiger partial charge on any atom is 0.252 e. The molecule has 0 saturated carbocycles. The zero-order valence-electron chi connectivity index (χ0n) is 19.4. The van der Waals surface area contributed by atoms with Crippen molar-refractivity contribution in [2.75, 3.05) is 13.2 Å². The summed E-state index contributed by atoms with van der Waals surface area (Å²) < 4.78 is 15.0. The van der Waals surface area contributed by atoms with E-state index in [2.05, 4.69) is 25.4 Å². The van der Waals surface area contributed by atoms with Crippen LogP contribution in [-0.4, -0.2) is 48.3 Å². The number of hydrogen-bond donors (Lipinski definition) is 2. The van der Waals surface area contributed by atoms with E-state index in [9.17, 15) is 14.3 Å². The van der Waals surface area contributed by atoms with Gasteiger partial charge in [-0.2, -0.15) is 0 Å². The number of H-pyrrole nitrogens is 1. The summed E-state index contributed by atoms with van der Waals surface area (Å²) in [6.45, 7) is 5.47. The van der Waals surface area contributed by atoms with E-state index in [4.69, 9.17) is 0 Å². The van der Waals surface area contributed by atoms with Crippen molar-refractivity contribution >= 4 is 10.9 Å². The van der Waals surface area contributed by atoms with E-state index in [0.29, 0.717) is 43.9 Å². The number of benzene rings is 2. The lowest BCUT2D eigenvalue weighted by molar-refractivity contribution is 0.152. The van der Waals surface area contributed by atoms with Crippen LogP contribution in [0.5, 0.6) is 0 Å². The monoisotopic (exact) mass is 464 g/mol. The molecule has 178 valence electrons. The SMILES string of the molecule is CC[C@H](c1nnnn1Cc1ccc(F)cc1)N(CCCO)Cc1cc2cc(C)ccc2[nH]c1=O. The van der Waals surface area contributed by atoms with Crippen LogP contribution in [0.4, 0.5) is 4.39 Å². The Balaban J connectivity index is 1.65. The number of fused-ring (bicyclic) bond motifs is 1. The lowest BCUT2D eigenvalue weighted by Crippen LogP contribution is -2.34. The van der Waals surface area contributed by atoms with Crippen LogP contribution in [0.3, 0.4) is 0 Å². The van der Waals surface area contributed by atoms with E-state index >= 15 is 0 Å². The molecule has 1 atom stereocenters. The maximum absolute atomic E-state index is 13.3. The van der Waals surface area contributed by atoms with Crippen LogP contribution in [0.25, 0.3) is 10.9 Å². The van der Waals surface area contributed by atoms with Crippen LogP contribution in [-0.2, 0) is 13.1 Å². The second kappa shape index (κ2) is 10.7. The van der Waals surface area contributed by atoms with Crippen molar-refractivity contribution in [3.8, 4) is 0 Å². The van der Waals surface area contributed by atoms with Gasteiger partial charge in [-0.15, -0.1) is 5.10 Å². The Kier molecular flexibility index (Phi) is 7.44. The Morgan fingerprint density at radius 2 is 1.97 bits per heavy atom. The van der Waals surface area contributed by atoms with Crippen LogP contribution >= 0.6 is 0 Å². The second-order valence-corrected chi connectivity index (χ2v) is 8.51. The van der Waals surface area contributed by atoms with Crippen molar-refractivity contribution in [3.63, 3.8) is 0 Å². The molecule has 0 radical (unpaired) electrons. The minimum atomic E-state index is -0.293. The van der Waals surface area contributed by atoms with Gasteiger partial charge in [-0.05, 0) is 71.5 Å². The van der Waals surface area contributed by atoms with Crippen molar-refractivity contribution in [1.82, 2.24) is 30.1 Å². The summed E-state index contributed by atoms with van der Waals surface area (Å²) in [4.78, 5) is 18.0. The third-order valence-electron chi connectivity index (χ3n) is 5.98. The minimum absolute atomic E-state index is 0.0424. The van der Waals surface area contributed by atoms with Gasteiger partial charge < -0.3 is 10.1 Å². The van der Waals surface area contributed by atoms with Crippen LogP contribution < -0.4 is 5.56 Å². The normalized spacial score (nSPS) is 12.5. The largest absolute Gasteiger partial charge is 0.396 e. The predicted molar refractivity (Wildman–Crippen MR) is 128 cm³/mol. The Morgan fingerprint density at radius 3 is 2.71 bits per heavy atom. The predicted octanol–water partition coefficient (Wildman–Crippen LogP) is 3.35. The molecule has 0 unspecified atom stereocenters. The number of aliphatic hydroxyl groups excluding tert-OH is 1. The van der Waals surface area contributed by atoms with E-state index in [0.717, 1.165) is 22.0 Å². The average molecular weight is 465 g/mol. The summed E-state index contributed by atoms with van der Waals surface area (Å²) >= 11 is 0. The molecule has 0 spiro atoms. The first-order valence-corrected chi connectivity index (χ1v) is 11.5. The molecule has 9 heteroatoms. The van der Waals surface area contributed by atoms with Gasteiger partial charge in [-0.25, -0.2) is 9.07 Å². The average Bonchev–Trinajstić information content (AvgIpc) is 3.27. The number of aromatic nitrogens is 5. The zero-order chi connectivity index (χ0) is 24.1. The summed E-state index contributed by atoms with van der Waals surface area (Å²) in [7, 11) is 0. The molecule has 0 bridgehead atoms. The molecule has 0 aliphatic rings. The number of aromatic amines is 1. The first-order valence-electron chi connectivity index (χ1n) is 11.5. The molecular weight excluding hydrogens is 435 g/mol. The van der Waals surface area contributed by atoms with Gasteiger partial charge in [0.25, 0.3) is 5.56 Å². The van der Waals surface area contributed by atoms with Crippen molar-refractivity contribution in [2.24, 2.45) is 0 Å². The van der Waals surface area contributed by atoms with Gasteiger partial charge in [0, 0.05) is 30.8 Å². The molecular formula is C25H29FN6O2. The molecule has 2 heterocycles. The van der Waals surface area contributed by atoms with Gasteiger partial charge >= 0.3 is 0 Å². The summed E-state index contributed by atoms with van der Waals surface area (Å²) in [5.41, 5.74) is 3.32. The van der Waals surface area contributed by atoms with Gasteiger partial charge in [0.2, 0.25) is 0 Å². The van der Waals surface area contributed by atoms with E-state index in [1.54, 1.807) is 16.8 Å². The Labute approximate surface area is 197 Å². The van der Waals surface area contributed by atoms with Gasteiger partial charge in [-0.1, -0.05) is 30.7 Å². The van der Waals surface area contributed by atoms with Crippen LogP contribution in [0.2, 0.25) is 0 Å². The lowest BCUT2D eigenvalue weighted by Gasteiger charge is -2.30. The first-order chi connectivity index (χ1) is 16.5. The molecule has 2 aromatic carbocycles. The molecule has 0 aliphatic heterocycles. The molecule has 4 rings (SSSR count). The zero-order valence-corrected chi connectivity index (χ0v) is 19.4. The highest BCUT2D eigenvalue weighted by Crippen LogP contribution is 2.25. The highest BCUT2D eigenvalue weighted by Gasteiger charge is 2.25. The molecule has 0 fully saturated rings. The number of aliphatic hydroxyl groups is 1.